The zero-order valence-corrected chi connectivity index (χ0v) is 19.7. The molecule has 178 valence electrons. The smallest absolute Gasteiger partial charge is 0.309 e. The molecule has 33 heavy (non-hydrogen) atoms. The van der Waals surface area contributed by atoms with Gasteiger partial charge in [0.05, 0.1) is 4.90 Å². The lowest BCUT2D eigenvalue weighted by molar-refractivity contribution is -0.139. The van der Waals surface area contributed by atoms with Crippen molar-refractivity contribution in [2.45, 2.75) is 43.0 Å². The van der Waals surface area contributed by atoms with Crippen LogP contribution < -0.4 is 10.6 Å². The Morgan fingerprint density at radius 1 is 0.970 bits per heavy atom. The van der Waals surface area contributed by atoms with Crippen molar-refractivity contribution in [3.8, 4) is 0 Å². The zero-order chi connectivity index (χ0) is 23.8. The number of amides is 2. The highest BCUT2D eigenvalue weighted by Gasteiger charge is 2.33. The Morgan fingerprint density at radius 2 is 1.61 bits per heavy atom. The van der Waals surface area contributed by atoms with Crippen molar-refractivity contribution in [3.63, 3.8) is 0 Å². The van der Waals surface area contributed by atoms with Gasteiger partial charge in [-0.05, 0) is 67.6 Å². The molecule has 0 bridgehead atoms. The number of nitrogens with zero attached hydrogens (tertiary/aromatic N) is 1. The number of hydrogen-bond acceptors (Lipinski definition) is 4. The second-order valence-corrected chi connectivity index (χ2v) is 10.2. The average molecular weight is 496 g/mol. The van der Waals surface area contributed by atoms with Gasteiger partial charge in [0, 0.05) is 30.7 Å². The van der Waals surface area contributed by atoms with Crippen LogP contribution in [0, 0.1) is 5.82 Å². The number of nitrogens with one attached hydrogen (secondary N) is 2. The maximum absolute atomic E-state index is 13.2. The third kappa shape index (κ3) is 6.99. The lowest BCUT2D eigenvalue weighted by Crippen LogP contribution is -2.46. The molecule has 2 amide bonds. The van der Waals surface area contributed by atoms with E-state index in [1.807, 2.05) is 12.1 Å². The second-order valence-electron chi connectivity index (χ2n) is 7.90. The van der Waals surface area contributed by atoms with Crippen molar-refractivity contribution in [2.75, 3.05) is 19.6 Å². The molecular formula is C23H27ClFN3O4S. The summed E-state index contributed by atoms with van der Waals surface area (Å²) < 4.78 is 40.6. The van der Waals surface area contributed by atoms with Gasteiger partial charge in [-0.3, -0.25) is 9.59 Å². The molecular weight excluding hydrogens is 469 g/mol. The van der Waals surface area contributed by atoms with E-state index in [0.717, 1.165) is 30.5 Å². The van der Waals surface area contributed by atoms with Gasteiger partial charge < -0.3 is 10.6 Å². The molecule has 2 aromatic carbocycles. The largest absolute Gasteiger partial charge is 0.348 e. The quantitative estimate of drug-likeness (QED) is 0.550. The fourth-order valence-electron chi connectivity index (χ4n) is 3.81. The summed E-state index contributed by atoms with van der Waals surface area (Å²) in [5.41, 5.74) is 0.986. The van der Waals surface area contributed by atoms with Gasteiger partial charge in [0.25, 0.3) is 0 Å². The van der Waals surface area contributed by atoms with Crippen LogP contribution in [0.1, 0.15) is 31.2 Å². The minimum absolute atomic E-state index is 0.0416. The van der Waals surface area contributed by atoms with Crippen molar-refractivity contribution in [3.05, 3.63) is 64.9 Å². The lowest BCUT2D eigenvalue weighted by atomic mass is 10.0. The van der Waals surface area contributed by atoms with Crippen molar-refractivity contribution in [2.24, 2.45) is 0 Å². The van der Waals surface area contributed by atoms with Gasteiger partial charge in [-0.25, -0.2) is 12.8 Å². The topological polar surface area (TPSA) is 95.6 Å². The van der Waals surface area contributed by atoms with Crippen LogP contribution in [0.2, 0.25) is 5.02 Å². The molecule has 1 aliphatic rings. The normalized spacial score (nSPS) is 16.8. The van der Waals surface area contributed by atoms with Gasteiger partial charge in [-0.2, -0.15) is 4.31 Å². The summed E-state index contributed by atoms with van der Waals surface area (Å²) in [5, 5.41) is 5.77. The molecule has 1 heterocycles. The van der Waals surface area contributed by atoms with Crippen LogP contribution in [0.4, 0.5) is 4.39 Å². The summed E-state index contributed by atoms with van der Waals surface area (Å²) in [4.78, 5) is 24.2. The summed E-state index contributed by atoms with van der Waals surface area (Å²) >= 11 is 5.84. The second kappa shape index (κ2) is 11.6. The summed E-state index contributed by atoms with van der Waals surface area (Å²) in [6, 6.07) is 11.7. The molecule has 10 heteroatoms. The molecule has 1 aliphatic heterocycles. The fourth-order valence-corrected chi connectivity index (χ4v) is 5.65. The first kappa shape index (κ1) is 25.1. The first-order valence-electron chi connectivity index (χ1n) is 10.9. The van der Waals surface area contributed by atoms with Gasteiger partial charge in [0.15, 0.2) is 0 Å². The summed E-state index contributed by atoms with van der Waals surface area (Å²) in [5.74, 6) is -1.99. The highest BCUT2D eigenvalue weighted by molar-refractivity contribution is 7.89. The van der Waals surface area contributed by atoms with Crippen molar-refractivity contribution < 1.29 is 22.4 Å². The standard InChI is InChI=1S/C23H27ClFN3O4S/c24-18-6-4-17(5-7-18)12-14-26-22(29)23(30)27-15-13-20-3-1-2-16-28(20)33(31,32)21-10-8-19(25)9-11-21/h4-11,20H,1-3,12-16H2,(H,26,29)(H,27,30)/t20-/m1/s1. The molecule has 2 aromatic rings. The molecule has 7 nitrogen and oxygen atoms in total. The van der Waals surface area contributed by atoms with Crippen LogP contribution in [0.25, 0.3) is 0 Å². The third-order valence-electron chi connectivity index (χ3n) is 5.58. The predicted molar refractivity (Wildman–Crippen MR) is 124 cm³/mol. The number of rotatable bonds is 8. The number of benzene rings is 2. The Labute approximate surface area is 198 Å². The van der Waals surface area contributed by atoms with Crippen LogP contribution in [0.15, 0.2) is 53.4 Å². The highest BCUT2D eigenvalue weighted by Crippen LogP contribution is 2.27. The summed E-state index contributed by atoms with van der Waals surface area (Å²) in [6.45, 7) is 0.841. The molecule has 1 saturated heterocycles. The lowest BCUT2D eigenvalue weighted by Gasteiger charge is -2.34. The first-order chi connectivity index (χ1) is 15.8. The molecule has 0 spiro atoms. The molecule has 0 saturated carbocycles. The Bertz CT molecular complexity index is 1060. The van der Waals surface area contributed by atoms with Crippen LogP contribution in [0.3, 0.4) is 0 Å². The van der Waals surface area contributed by atoms with Gasteiger partial charge in [-0.15, -0.1) is 0 Å². The molecule has 3 rings (SSSR count). The maximum Gasteiger partial charge on any atom is 0.309 e. The Kier molecular flexibility index (Phi) is 8.82. The van der Waals surface area contributed by atoms with E-state index in [9.17, 15) is 22.4 Å². The molecule has 1 atom stereocenters. The number of halogens is 2. The number of piperidine rings is 1. The van der Waals surface area contributed by atoms with E-state index in [4.69, 9.17) is 11.6 Å². The average Bonchev–Trinajstić information content (AvgIpc) is 2.80. The van der Waals surface area contributed by atoms with E-state index < -0.39 is 27.7 Å². The predicted octanol–water partition coefficient (Wildman–Crippen LogP) is 2.89. The van der Waals surface area contributed by atoms with E-state index >= 15 is 0 Å². The zero-order valence-electron chi connectivity index (χ0n) is 18.1. The van der Waals surface area contributed by atoms with Crippen molar-refractivity contribution in [1.82, 2.24) is 14.9 Å². The Balaban J connectivity index is 1.47. The first-order valence-corrected chi connectivity index (χ1v) is 12.7. The van der Waals surface area contributed by atoms with Crippen molar-refractivity contribution in [1.29, 1.82) is 0 Å². The Morgan fingerprint density at radius 3 is 2.27 bits per heavy atom. The number of sulfonamides is 1. The van der Waals surface area contributed by atoms with E-state index in [0.29, 0.717) is 37.4 Å². The van der Waals surface area contributed by atoms with Gasteiger partial charge in [-0.1, -0.05) is 30.2 Å². The maximum atomic E-state index is 13.2. The summed E-state index contributed by atoms with van der Waals surface area (Å²) in [6.07, 6.45) is 3.21. The minimum Gasteiger partial charge on any atom is -0.348 e. The van der Waals surface area contributed by atoms with Crippen LogP contribution in [-0.4, -0.2) is 50.2 Å². The van der Waals surface area contributed by atoms with Crippen molar-refractivity contribution >= 4 is 33.4 Å². The van der Waals surface area contributed by atoms with E-state index in [1.165, 1.54) is 16.4 Å². The minimum atomic E-state index is -3.77. The molecule has 0 aromatic heterocycles. The fraction of sp³-hybridized carbons (Fsp3) is 0.391. The highest BCUT2D eigenvalue weighted by atomic mass is 35.5. The van der Waals surface area contributed by atoms with Crippen LogP contribution in [0.5, 0.6) is 0 Å². The van der Waals surface area contributed by atoms with E-state index in [1.54, 1.807) is 12.1 Å². The number of carbonyl (C=O) groups excluding carboxylic acids is 2. The van der Waals surface area contributed by atoms with Gasteiger partial charge in [0.2, 0.25) is 10.0 Å². The van der Waals surface area contributed by atoms with E-state index in [2.05, 4.69) is 10.6 Å². The van der Waals surface area contributed by atoms with Crippen LogP contribution >= 0.6 is 11.6 Å². The molecule has 2 N–H and O–H groups in total. The molecule has 0 unspecified atom stereocenters. The van der Waals surface area contributed by atoms with Gasteiger partial charge in [0.1, 0.15) is 5.82 Å². The SMILES string of the molecule is O=C(NCCc1ccc(Cl)cc1)C(=O)NCC[C@H]1CCCCN1S(=O)(=O)c1ccc(F)cc1. The number of carbonyl (C=O) groups is 2. The summed E-state index contributed by atoms with van der Waals surface area (Å²) in [7, 11) is -3.77. The Hall–Kier alpha value is -2.49. The monoisotopic (exact) mass is 495 g/mol. The third-order valence-corrected chi connectivity index (χ3v) is 7.79. The molecule has 1 fully saturated rings. The van der Waals surface area contributed by atoms with Gasteiger partial charge >= 0.3 is 11.8 Å². The molecule has 0 radical (unpaired) electrons. The molecule has 0 aliphatic carbocycles. The van der Waals surface area contributed by atoms with Crippen LogP contribution in [-0.2, 0) is 26.0 Å². The van der Waals surface area contributed by atoms with E-state index in [-0.39, 0.29) is 17.5 Å². The number of hydrogen-bond donors (Lipinski definition) is 2.